The number of sulfonamides is 1. The van der Waals surface area contributed by atoms with E-state index in [-0.39, 0.29) is 32.9 Å². The number of rotatable bonds is 10. The van der Waals surface area contributed by atoms with Gasteiger partial charge in [-0.3, -0.25) is 9.52 Å². The van der Waals surface area contributed by atoms with Crippen molar-refractivity contribution in [1.82, 2.24) is 5.32 Å². The van der Waals surface area contributed by atoms with Gasteiger partial charge in [-0.15, -0.1) is 0 Å². The van der Waals surface area contributed by atoms with Crippen molar-refractivity contribution in [1.29, 1.82) is 0 Å². The molecule has 0 saturated carbocycles. The summed E-state index contributed by atoms with van der Waals surface area (Å²) in [6.07, 6.45) is 1.35. The van der Waals surface area contributed by atoms with Crippen LogP contribution in [0.5, 0.6) is 5.75 Å². The Kier molecular flexibility index (Phi) is 8.08. The quantitative estimate of drug-likeness (QED) is 0.409. The minimum Gasteiger partial charge on any atom is -0.494 e. The normalized spacial score (nSPS) is 11.1. The summed E-state index contributed by atoms with van der Waals surface area (Å²) >= 11 is 6.02. The van der Waals surface area contributed by atoms with Crippen molar-refractivity contribution >= 4 is 33.2 Å². The average molecular weight is 477 g/mol. The summed E-state index contributed by atoms with van der Waals surface area (Å²) in [5.41, 5.74) is 0.487. The van der Waals surface area contributed by atoms with Crippen LogP contribution in [0.4, 0.5) is 10.1 Å². The van der Waals surface area contributed by atoms with Gasteiger partial charge >= 0.3 is 0 Å². The first-order valence-electron chi connectivity index (χ1n) is 9.89. The number of hydrogen-bond donors (Lipinski definition) is 2. The number of nitrogens with one attached hydrogen (secondary N) is 2. The molecule has 32 heavy (non-hydrogen) atoms. The van der Waals surface area contributed by atoms with E-state index in [0.717, 1.165) is 0 Å². The standard InChI is InChI=1S/C23H22ClFN2O4S/c24-21-8-1-2-9-22(21)27-32(29,30)20-7-5-6-17(16-20)23(28)26-14-3-4-15-31-19-12-10-18(25)11-13-19/h1-2,5-13,16,27H,3-4,14-15H2,(H,26,28). The van der Waals surface area contributed by atoms with Gasteiger partial charge in [0.1, 0.15) is 11.6 Å². The molecule has 3 aromatic carbocycles. The topological polar surface area (TPSA) is 84.5 Å². The molecule has 3 rings (SSSR count). The van der Waals surface area contributed by atoms with Crippen molar-refractivity contribution in [2.45, 2.75) is 17.7 Å². The molecule has 0 spiro atoms. The molecule has 0 unspecified atom stereocenters. The number of halogens is 2. The highest BCUT2D eigenvalue weighted by Crippen LogP contribution is 2.24. The fourth-order valence-corrected chi connectivity index (χ4v) is 4.17. The Bertz CT molecular complexity index is 1170. The van der Waals surface area contributed by atoms with Crippen molar-refractivity contribution in [2.75, 3.05) is 17.9 Å². The van der Waals surface area contributed by atoms with E-state index in [0.29, 0.717) is 31.7 Å². The summed E-state index contributed by atoms with van der Waals surface area (Å²) in [7, 11) is -3.91. The molecule has 9 heteroatoms. The van der Waals surface area contributed by atoms with Gasteiger partial charge in [-0.2, -0.15) is 0 Å². The molecule has 0 radical (unpaired) electrons. The lowest BCUT2D eigenvalue weighted by Crippen LogP contribution is -2.25. The van der Waals surface area contributed by atoms with E-state index in [1.165, 1.54) is 30.3 Å². The second-order valence-corrected chi connectivity index (χ2v) is 8.97. The molecule has 0 bridgehead atoms. The first-order valence-corrected chi connectivity index (χ1v) is 11.8. The van der Waals surface area contributed by atoms with Crippen LogP contribution in [0.15, 0.2) is 77.7 Å². The number of para-hydroxylation sites is 1. The minimum atomic E-state index is -3.91. The van der Waals surface area contributed by atoms with E-state index in [1.54, 1.807) is 42.5 Å². The first kappa shape index (κ1) is 23.6. The third-order valence-corrected chi connectivity index (χ3v) is 6.16. The Morgan fingerprint density at radius 2 is 1.72 bits per heavy atom. The van der Waals surface area contributed by atoms with E-state index in [1.807, 2.05) is 0 Å². The third-order valence-electron chi connectivity index (χ3n) is 4.46. The molecule has 0 atom stereocenters. The Morgan fingerprint density at radius 1 is 0.969 bits per heavy atom. The van der Waals surface area contributed by atoms with Crippen LogP contribution in [-0.2, 0) is 10.0 Å². The maximum Gasteiger partial charge on any atom is 0.261 e. The van der Waals surface area contributed by atoms with Crippen molar-refractivity contribution in [3.8, 4) is 5.75 Å². The lowest BCUT2D eigenvalue weighted by Gasteiger charge is -2.11. The van der Waals surface area contributed by atoms with Crippen molar-refractivity contribution in [2.24, 2.45) is 0 Å². The monoisotopic (exact) mass is 476 g/mol. The molecule has 168 valence electrons. The molecule has 6 nitrogen and oxygen atoms in total. The van der Waals surface area contributed by atoms with Crippen LogP contribution < -0.4 is 14.8 Å². The number of ether oxygens (including phenoxy) is 1. The molecule has 0 aliphatic carbocycles. The SMILES string of the molecule is O=C(NCCCCOc1ccc(F)cc1)c1cccc(S(=O)(=O)Nc2ccccc2Cl)c1. The molecule has 2 N–H and O–H groups in total. The third kappa shape index (κ3) is 6.70. The van der Waals surface area contributed by atoms with Gasteiger partial charge in [0.2, 0.25) is 0 Å². The van der Waals surface area contributed by atoms with E-state index in [9.17, 15) is 17.6 Å². The smallest absolute Gasteiger partial charge is 0.261 e. The highest BCUT2D eigenvalue weighted by Gasteiger charge is 2.17. The van der Waals surface area contributed by atoms with Gasteiger partial charge < -0.3 is 10.1 Å². The van der Waals surface area contributed by atoms with Crippen molar-refractivity contribution in [3.63, 3.8) is 0 Å². The van der Waals surface area contributed by atoms with Gasteiger partial charge in [-0.1, -0.05) is 29.8 Å². The van der Waals surface area contributed by atoms with E-state index in [2.05, 4.69) is 10.0 Å². The van der Waals surface area contributed by atoms with Crippen molar-refractivity contribution in [3.05, 3.63) is 89.2 Å². The molecular formula is C23H22ClFN2O4S. The molecule has 1 amide bonds. The number of amides is 1. The largest absolute Gasteiger partial charge is 0.494 e. The van der Waals surface area contributed by atoms with Crippen LogP contribution in [0.25, 0.3) is 0 Å². The predicted octanol–water partition coefficient (Wildman–Crippen LogP) is 4.87. The van der Waals surface area contributed by atoms with Gasteiger partial charge in [0.05, 0.1) is 22.2 Å². The summed E-state index contributed by atoms with van der Waals surface area (Å²) in [6.45, 7) is 0.837. The van der Waals surface area contributed by atoms with Gasteiger partial charge in [0.25, 0.3) is 15.9 Å². The molecule has 0 fully saturated rings. The summed E-state index contributed by atoms with van der Waals surface area (Å²) in [5, 5.41) is 3.03. The van der Waals surface area contributed by atoms with Gasteiger partial charge in [0, 0.05) is 12.1 Å². The second kappa shape index (κ2) is 11.0. The van der Waals surface area contributed by atoms with Crippen LogP contribution in [0.2, 0.25) is 5.02 Å². The number of anilines is 1. The Balaban J connectivity index is 1.49. The average Bonchev–Trinajstić information content (AvgIpc) is 2.79. The van der Waals surface area contributed by atoms with Gasteiger partial charge in [0.15, 0.2) is 0 Å². The fourth-order valence-electron chi connectivity index (χ4n) is 2.80. The van der Waals surface area contributed by atoms with E-state index < -0.39 is 10.0 Å². The molecule has 0 heterocycles. The second-order valence-electron chi connectivity index (χ2n) is 6.88. The first-order chi connectivity index (χ1) is 15.3. The summed E-state index contributed by atoms with van der Waals surface area (Å²) in [5.74, 6) is -0.116. The van der Waals surface area contributed by atoms with Gasteiger partial charge in [-0.05, 0) is 67.4 Å². The summed E-state index contributed by atoms with van der Waals surface area (Å²) in [4.78, 5) is 12.4. The highest BCUT2D eigenvalue weighted by molar-refractivity contribution is 7.92. The zero-order valence-electron chi connectivity index (χ0n) is 17.1. The van der Waals surface area contributed by atoms with Crippen molar-refractivity contribution < 1.29 is 22.3 Å². The molecule has 0 aromatic heterocycles. The molecule has 0 aliphatic rings. The van der Waals surface area contributed by atoms with Crippen LogP contribution in [0.3, 0.4) is 0 Å². The lowest BCUT2D eigenvalue weighted by atomic mass is 10.2. The number of carbonyl (C=O) groups excluding carboxylic acids is 1. The highest BCUT2D eigenvalue weighted by atomic mass is 35.5. The van der Waals surface area contributed by atoms with Crippen LogP contribution in [0, 0.1) is 5.82 Å². The minimum absolute atomic E-state index is 0.0437. The lowest BCUT2D eigenvalue weighted by molar-refractivity contribution is 0.0952. The van der Waals surface area contributed by atoms with E-state index in [4.69, 9.17) is 16.3 Å². The zero-order valence-corrected chi connectivity index (χ0v) is 18.6. The predicted molar refractivity (Wildman–Crippen MR) is 122 cm³/mol. The number of carbonyl (C=O) groups is 1. The molecule has 0 saturated heterocycles. The maximum absolute atomic E-state index is 12.9. The van der Waals surface area contributed by atoms with E-state index >= 15 is 0 Å². The Morgan fingerprint density at radius 3 is 2.47 bits per heavy atom. The number of hydrogen-bond acceptors (Lipinski definition) is 4. The number of unbranched alkanes of at least 4 members (excludes halogenated alkanes) is 1. The number of benzene rings is 3. The van der Waals surface area contributed by atoms with Gasteiger partial charge in [-0.25, -0.2) is 12.8 Å². The Hall–Kier alpha value is -3.10. The zero-order chi connectivity index (χ0) is 23.0. The summed E-state index contributed by atoms with van der Waals surface area (Å²) in [6, 6.07) is 18.0. The molecule has 3 aromatic rings. The maximum atomic E-state index is 12.9. The summed E-state index contributed by atoms with van der Waals surface area (Å²) < 4.78 is 46.1. The van der Waals surface area contributed by atoms with Crippen LogP contribution >= 0.6 is 11.6 Å². The molecular weight excluding hydrogens is 455 g/mol. The van der Waals surface area contributed by atoms with Crippen LogP contribution in [-0.4, -0.2) is 27.5 Å². The fraction of sp³-hybridized carbons (Fsp3) is 0.174. The molecule has 0 aliphatic heterocycles. The Labute approximate surface area is 191 Å². The van der Waals surface area contributed by atoms with Crippen LogP contribution in [0.1, 0.15) is 23.2 Å².